The number of methoxy groups -OCH3 is 1. The molecule has 160 valence electrons. The Bertz CT molecular complexity index is 1070. The highest BCUT2D eigenvalue weighted by Gasteiger charge is 2.28. The third-order valence-corrected chi connectivity index (χ3v) is 6.81. The number of fused-ring (bicyclic) bond motifs is 1. The fourth-order valence-electron chi connectivity index (χ4n) is 4.32. The van der Waals surface area contributed by atoms with Crippen LogP contribution in [0.4, 0.5) is 16.3 Å². The largest absolute Gasteiger partial charge is 0.383 e. The number of ether oxygens (including phenoxy) is 1. The van der Waals surface area contributed by atoms with E-state index < -0.39 is 0 Å². The smallest absolute Gasteiger partial charge is 0.327 e. The maximum Gasteiger partial charge on any atom is 0.327 e. The molecule has 0 saturated carbocycles. The number of benzene rings is 1. The van der Waals surface area contributed by atoms with Crippen molar-refractivity contribution < 1.29 is 9.53 Å². The molecule has 0 spiro atoms. The fraction of sp³-hybridized carbons (Fsp3) is 0.348. The van der Waals surface area contributed by atoms with Crippen molar-refractivity contribution >= 4 is 28.9 Å². The van der Waals surface area contributed by atoms with Gasteiger partial charge in [-0.3, -0.25) is 14.8 Å². The second-order valence-electron chi connectivity index (χ2n) is 7.98. The summed E-state index contributed by atoms with van der Waals surface area (Å²) in [6, 6.07) is 10.6. The molecule has 2 aliphatic heterocycles. The van der Waals surface area contributed by atoms with Crippen LogP contribution in [0.25, 0.3) is 10.6 Å². The lowest BCUT2D eigenvalue weighted by Crippen LogP contribution is -2.39. The number of anilines is 2. The maximum absolute atomic E-state index is 12.8. The van der Waals surface area contributed by atoms with E-state index in [1.165, 1.54) is 29.7 Å². The number of carbonyl (C=O) groups excluding carboxylic acids is 1. The van der Waals surface area contributed by atoms with Gasteiger partial charge >= 0.3 is 6.03 Å². The number of pyridine rings is 1. The van der Waals surface area contributed by atoms with E-state index in [1.54, 1.807) is 24.4 Å². The first-order chi connectivity index (χ1) is 15.2. The summed E-state index contributed by atoms with van der Waals surface area (Å²) in [4.78, 5) is 25.7. The number of nitrogens with one attached hydrogen (secondary N) is 1. The highest BCUT2D eigenvalue weighted by atomic mass is 32.1. The van der Waals surface area contributed by atoms with E-state index in [-0.39, 0.29) is 6.03 Å². The van der Waals surface area contributed by atoms with Crippen LogP contribution in [-0.4, -0.2) is 47.2 Å². The minimum absolute atomic E-state index is 0.144. The molecule has 2 aromatic heterocycles. The van der Waals surface area contributed by atoms with E-state index in [2.05, 4.69) is 38.4 Å². The summed E-state index contributed by atoms with van der Waals surface area (Å²) < 4.78 is 5.37. The highest BCUT2D eigenvalue weighted by Crippen LogP contribution is 2.32. The van der Waals surface area contributed by atoms with Gasteiger partial charge in [-0.2, -0.15) is 0 Å². The Kier molecular flexibility index (Phi) is 5.67. The van der Waals surface area contributed by atoms with Crippen LogP contribution in [-0.2, 0) is 17.8 Å². The molecule has 1 saturated heterocycles. The Hall–Kier alpha value is -2.81. The van der Waals surface area contributed by atoms with Crippen LogP contribution >= 0.6 is 11.3 Å². The van der Waals surface area contributed by atoms with Gasteiger partial charge in [-0.05, 0) is 48.7 Å². The van der Waals surface area contributed by atoms with Gasteiger partial charge in [-0.1, -0.05) is 12.1 Å². The molecular formula is C23H25N5O2S. The molecule has 3 aromatic rings. The van der Waals surface area contributed by atoms with Crippen molar-refractivity contribution in [2.24, 2.45) is 0 Å². The monoisotopic (exact) mass is 435 g/mol. The van der Waals surface area contributed by atoms with E-state index >= 15 is 0 Å². The molecule has 0 unspecified atom stereocenters. The summed E-state index contributed by atoms with van der Waals surface area (Å²) in [5, 5.41) is 5.86. The van der Waals surface area contributed by atoms with Crippen LogP contribution in [0.3, 0.4) is 0 Å². The van der Waals surface area contributed by atoms with Crippen molar-refractivity contribution in [1.29, 1.82) is 0 Å². The van der Waals surface area contributed by atoms with E-state index in [0.29, 0.717) is 18.4 Å². The number of hydrogen-bond acceptors (Lipinski definition) is 6. The predicted molar refractivity (Wildman–Crippen MR) is 122 cm³/mol. The quantitative estimate of drug-likeness (QED) is 0.623. The van der Waals surface area contributed by atoms with Gasteiger partial charge in [0.2, 0.25) is 0 Å². The van der Waals surface area contributed by atoms with Crippen molar-refractivity contribution in [2.75, 3.05) is 30.5 Å². The molecule has 0 aliphatic carbocycles. The predicted octanol–water partition coefficient (Wildman–Crippen LogP) is 4.37. The van der Waals surface area contributed by atoms with Crippen LogP contribution in [0.5, 0.6) is 0 Å². The minimum atomic E-state index is -0.144. The number of carbonyl (C=O) groups is 1. The molecule has 0 bridgehead atoms. The van der Waals surface area contributed by atoms with Gasteiger partial charge in [0.05, 0.1) is 13.2 Å². The standard InChI is InChI=1S/C23H25N5O2S/c1-30-14-19-3-2-10-27(19)12-16-4-5-18-13-28(23(29)25-20(18)11-16)21-15-31-22(26-21)17-6-8-24-9-7-17/h4-9,11,15,19H,2-3,10,12-14H2,1H3,(H,25,29)/t19-/m1/s1. The molecule has 2 amide bonds. The molecule has 1 atom stereocenters. The SMILES string of the molecule is COC[C@H]1CCCN1Cc1ccc2c(c1)NC(=O)N(c1csc(-c3ccncc3)n1)C2. The number of aromatic nitrogens is 2. The first-order valence-corrected chi connectivity index (χ1v) is 11.4. The van der Waals surface area contributed by atoms with Crippen LogP contribution < -0.4 is 10.2 Å². The molecular weight excluding hydrogens is 410 g/mol. The van der Waals surface area contributed by atoms with Crippen molar-refractivity contribution in [3.05, 3.63) is 59.2 Å². The Balaban J connectivity index is 1.31. The third-order valence-electron chi connectivity index (χ3n) is 5.93. The fourth-order valence-corrected chi connectivity index (χ4v) is 5.14. The number of rotatable bonds is 6. The van der Waals surface area contributed by atoms with Gasteiger partial charge in [0.15, 0.2) is 0 Å². The Morgan fingerprint density at radius 1 is 1.26 bits per heavy atom. The molecule has 7 nitrogen and oxygen atoms in total. The van der Waals surface area contributed by atoms with Crippen molar-refractivity contribution in [1.82, 2.24) is 14.9 Å². The summed E-state index contributed by atoms with van der Waals surface area (Å²) in [5.74, 6) is 0.670. The van der Waals surface area contributed by atoms with E-state index in [1.807, 2.05) is 17.5 Å². The first-order valence-electron chi connectivity index (χ1n) is 10.5. The summed E-state index contributed by atoms with van der Waals surface area (Å²) in [5.41, 5.74) is 4.20. The van der Waals surface area contributed by atoms with Gasteiger partial charge in [0.25, 0.3) is 0 Å². The number of likely N-dealkylation sites (tertiary alicyclic amines) is 1. The van der Waals surface area contributed by atoms with E-state index in [9.17, 15) is 4.79 Å². The lowest BCUT2D eigenvalue weighted by Gasteiger charge is -2.29. The Morgan fingerprint density at radius 2 is 2.13 bits per heavy atom. The Labute approximate surface area is 185 Å². The highest BCUT2D eigenvalue weighted by molar-refractivity contribution is 7.13. The van der Waals surface area contributed by atoms with Crippen molar-refractivity contribution in [2.45, 2.75) is 32.0 Å². The van der Waals surface area contributed by atoms with Gasteiger partial charge < -0.3 is 10.1 Å². The number of thiazole rings is 1. The summed E-state index contributed by atoms with van der Waals surface area (Å²) in [6.07, 6.45) is 5.88. The molecule has 31 heavy (non-hydrogen) atoms. The average molecular weight is 436 g/mol. The molecule has 5 rings (SSSR count). The minimum Gasteiger partial charge on any atom is -0.383 e. The average Bonchev–Trinajstić information content (AvgIpc) is 3.44. The topological polar surface area (TPSA) is 70.6 Å². The maximum atomic E-state index is 12.8. The summed E-state index contributed by atoms with van der Waals surface area (Å²) >= 11 is 1.53. The van der Waals surface area contributed by atoms with Crippen molar-refractivity contribution in [3.63, 3.8) is 0 Å². The van der Waals surface area contributed by atoms with Gasteiger partial charge in [0, 0.05) is 48.7 Å². The third kappa shape index (κ3) is 4.19. The lowest BCUT2D eigenvalue weighted by atomic mass is 10.1. The zero-order valence-corrected chi connectivity index (χ0v) is 18.3. The Morgan fingerprint density at radius 3 is 2.97 bits per heavy atom. The van der Waals surface area contributed by atoms with E-state index in [0.717, 1.165) is 41.5 Å². The molecule has 4 heterocycles. The summed E-state index contributed by atoms with van der Waals surface area (Å²) in [6.45, 7) is 3.25. The van der Waals surface area contributed by atoms with Gasteiger partial charge in [-0.15, -0.1) is 11.3 Å². The zero-order valence-electron chi connectivity index (χ0n) is 17.5. The number of amides is 2. The first kappa shape index (κ1) is 20.1. The second-order valence-corrected chi connectivity index (χ2v) is 8.83. The van der Waals surface area contributed by atoms with E-state index in [4.69, 9.17) is 4.74 Å². The van der Waals surface area contributed by atoms with Gasteiger partial charge in [-0.25, -0.2) is 9.78 Å². The second kappa shape index (κ2) is 8.74. The molecule has 1 fully saturated rings. The van der Waals surface area contributed by atoms with Crippen molar-refractivity contribution in [3.8, 4) is 10.6 Å². The van der Waals surface area contributed by atoms with Crippen LogP contribution in [0.1, 0.15) is 24.0 Å². The van der Waals surface area contributed by atoms with Crippen LogP contribution in [0.15, 0.2) is 48.1 Å². The number of hydrogen-bond donors (Lipinski definition) is 1. The van der Waals surface area contributed by atoms with Gasteiger partial charge in [0.1, 0.15) is 10.8 Å². The number of urea groups is 1. The van der Waals surface area contributed by atoms with Crippen LogP contribution in [0.2, 0.25) is 0 Å². The molecule has 8 heteroatoms. The van der Waals surface area contributed by atoms with Crippen LogP contribution in [0, 0.1) is 0 Å². The lowest BCUT2D eigenvalue weighted by molar-refractivity contribution is 0.112. The summed E-state index contributed by atoms with van der Waals surface area (Å²) in [7, 11) is 1.76. The number of nitrogens with zero attached hydrogens (tertiary/aromatic N) is 4. The molecule has 1 aromatic carbocycles. The molecule has 1 N–H and O–H groups in total. The molecule has 0 radical (unpaired) electrons. The molecule has 2 aliphatic rings. The normalized spacial score (nSPS) is 18.8. The zero-order chi connectivity index (χ0) is 21.2.